The average Bonchev–Trinajstić information content (AvgIpc) is 2.66. The van der Waals surface area contributed by atoms with Crippen molar-refractivity contribution in [2.45, 2.75) is 32.9 Å². The van der Waals surface area contributed by atoms with Crippen LogP contribution in [0.2, 0.25) is 0 Å². The molecule has 0 radical (unpaired) electrons. The molecule has 1 aromatic heterocycles. The van der Waals surface area contributed by atoms with Gasteiger partial charge in [-0.25, -0.2) is 4.39 Å². The van der Waals surface area contributed by atoms with Crippen molar-refractivity contribution in [2.24, 2.45) is 5.41 Å². The highest BCUT2D eigenvalue weighted by atomic mass is 32.1. The zero-order chi connectivity index (χ0) is 11.1. The molecule has 6 heteroatoms. The van der Waals surface area contributed by atoms with E-state index in [-0.39, 0.29) is 5.91 Å². The summed E-state index contributed by atoms with van der Waals surface area (Å²) < 4.78 is 12.9. The molecule has 0 saturated heterocycles. The highest BCUT2D eigenvalue weighted by molar-refractivity contribution is 7.15. The van der Waals surface area contributed by atoms with Crippen molar-refractivity contribution in [2.75, 3.05) is 5.32 Å². The van der Waals surface area contributed by atoms with Crippen LogP contribution in [0.15, 0.2) is 0 Å². The number of carbonyl (C=O) groups excluding carboxylic acids is 1. The Morgan fingerprint density at radius 3 is 2.87 bits per heavy atom. The molecule has 0 aromatic carbocycles. The Kier molecular flexibility index (Phi) is 2.46. The van der Waals surface area contributed by atoms with Gasteiger partial charge in [0.1, 0.15) is 11.2 Å². The maximum atomic E-state index is 12.9. The molecule has 1 heterocycles. The summed E-state index contributed by atoms with van der Waals surface area (Å²) in [6.45, 7) is 3.58. The summed E-state index contributed by atoms with van der Waals surface area (Å²) >= 11 is 1.33. The van der Waals surface area contributed by atoms with E-state index in [1.54, 1.807) is 6.92 Å². The molecule has 4 nitrogen and oxygen atoms in total. The van der Waals surface area contributed by atoms with Crippen LogP contribution in [0.4, 0.5) is 9.52 Å². The number of hydrogen-bond donors (Lipinski definition) is 1. The van der Waals surface area contributed by atoms with E-state index in [0.717, 1.165) is 11.4 Å². The van der Waals surface area contributed by atoms with Gasteiger partial charge in [0.15, 0.2) is 0 Å². The highest BCUT2D eigenvalue weighted by Crippen LogP contribution is 2.48. The number of aryl methyl sites for hydroxylation is 1. The first-order valence-electron chi connectivity index (χ1n) is 4.84. The SMILES string of the molecule is CCc1nnc(NC(=O)[C@]2(C)C[C@H]2F)s1. The molecular weight excluding hydrogens is 217 g/mol. The van der Waals surface area contributed by atoms with Gasteiger partial charge in [0.25, 0.3) is 0 Å². The fourth-order valence-corrected chi connectivity index (χ4v) is 1.91. The van der Waals surface area contributed by atoms with Crippen LogP contribution in [-0.2, 0) is 11.2 Å². The van der Waals surface area contributed by atoms with E-state index in [9.17, 15) is 9.18 Å². The van der Waals surface area contributed by atoms with Crippen molar-refractivity contribution in [3.63, 3.8) is 0 Å². The second-order valence-corrected chi connectivity index (χ2v) is 4.96. The molecule has 2 rings (SSSR count). The van der Waals surface area contributed by atoms with Gasteiger partial charge < -0.3 is 0 Å². The Bertz CT molecular complexity index is 394. The lowest BCUT2D eigenvalue weighted by Crippen LogP contribution is -2.23. The fraction of sp³-hybridized carbons (Fsp3) is 0.667. The lowest BCUT2D eigenvalue weighted by atomic mass is 10.1. The summed E-state index contributed by atoms with van der Waals surface area (Å²) in [4.78, 5) is 11.6. The van der Waals surface area contributed by atoms with E-state index in [0.29, 0.717) is 11.6 Å². The third-order valence-electron chi connectivity index (χ3n) is 2.64. The standard InChI is InChI=1S/C9H12FN3OS/c1-3-6-12-13-8(15-6)11-7(14)9(2)4-5(9)10/h5H,3-4H2,1-2H3,(H,11,13,14)/t5-,9-/m1/s1. The Labute approximate surface area is 90.9 Å². The number of hydrogen-bond acceptors (Lipinski definition) is 4. The van der Waals surface area contributed by atoms with Crippen LogP contribution in [0.3, 0.4) is 0 Å². The van der Waals surface area contributed by atoms with Gasteiger partial charge in [-0.3, -0.25) is 10.1 Å². The van der Waals surface area contributed by atoms with E-state index in [4.69, 9.17) is 0 Å². The molecule has 1 aliphatic rings. The van der Waals surface area contributed by atoms with Crippen molar-refractivity contribution in [1.29, 1.82) is 0 Å². The smallest absolute Gasteiger partial charge is 0.235 e. The van der Waals surface area contributed by atoms with E-state index >= 15 is 0 Å². The second kappa shape index (κ2) is 3.52. The first-order chi connectivity index (χ1) is 7.06. The molecule has 1 N–H and O–H groups in total. The van der Waals surface area contributed by atoms with Crippen molar-refractivity contribution < 1.29 is 9.18 Å². The minimum absolute atomic E-state index is 0.297. The summed E-state index contributed by atoms with van der Waals surface area (Å²) in [7, 11) is 0. The van der Waals surface area contributed by atoms with Gasteiger partial charge in [-0.15, -0.1) is 10.2 Å². The minimum atomic E-state index is -1.02. The topological polar surface area (TPSA) is 54.9 Å². The molecule has 0 unspecified atom stereocenters. The molecule has 1 saturated carbocycles. The van der Waals surface area contributed by atoms with Crippen LogP contribution < -0.4 is 5.32 Å². The molecule has 15 heavy (non-hydrogen) atoms. The molecule has 82 valence electrons. The zero-order valence-electron chi connectivity index (χ0n) is 8.58. The van der Waals surface area contributed by atoms with Crippen molar-refractivity contribution >= 4 is 22.4 Å². The largest absolute Gasteiger partial charge is 0.300 e. The van der Waals surface area contributed by atoms with Crippen LogP contribution in [0.25, 0.3) is 0 Å². The van der Waals surface area contributed by atoms with E-state index in [1.807, 2.05) is 6.92 Å². The monoisotopic (exact) mass is 229 g/mol. The fourth-order valence-electron chi connectivity index (χ4n) is 1.24. The number of alkyl halides is 1. The van der Waals surface area contributed by atoms with Crippen molar-refractivity contribution in [3.8, 4) is 0 Å². The third-order valence-corrected chi connectivity index (χ3v) is 3.63. The van der Waals surface area contributed by atoms with Crippen molar-refractivity contribution in [3.05, 3.63) is 5.01 Å². The Morgan fingerprint density at radius 2 is 2.40 bits per heavy atom. The number of nitrogens with zero attached hydrogens (tertiary/aromatic N) is 2. The molecule has 0 bridgehead atoms. The number of nitrogens with one attached hydrogen (secondary N) is 1. The highest BCUT2D eigenvalue weighted by Gasteiger charge is 2.57. The first kappa shape index (κ1) is 10.5. The molecule has 0 spiro atoms. The van der Waals surface area contributed by atoms with Crippen LogP contribution >= 0.6 is 11.3 Å². The molecule has 1 aliphatic carbocycles. The van der Waals surface area contributed by atoms with E-state index in [1.165, 1.54) is 11.3 Å². The van der Waals surface area contributed by atoms with Crippen molar-refractivity contribution in [1.82, 2.24) is 10.2 Å². The Morgan fingerprint density at radius 1 is 1.73 bits per heavy atom. The second-order valence-electron chi connectivity index (χ2n) is 3.90. The van der Waals surface area contributed by atoms with Gasteiger partial charge in [0.05, 0.1) is 5.41 Å². The molecule has 1 fully saturated rings. The lowest BCUT2D eigenvalue weighted by Gasteiger charge is -2.06. The Balaban J connectivity index is 2.00. The van der Waals surface area contributed by atoms with Crippen LogP contribution in [0, 0.1) is 5.41 Å². The van der Waals surface area contributed by atoms with Gasteiger partial charge >= 0.3 is 0 Å². The minimum Gasteiger partial charge on any atom is -0.300 e. The van der Waals surface area contributed by atoms with Gasteiger partial charge in [0.2, 0.25) is 11.0 Å². The number of rotatable bonds is 3. The number of aromatic nitrogens is 2. The molecule has 1 amide bonds. The first-order valence-corrected chi connectivity index (χ1v) is 5.66. The third kappa shape index (κ3) is 1.86. The van der Waals surface area contributed by atoms with Gasteiger partial charge in [-0.2, -0.15) is 0 Å². The van der Waals surface area contributed by atoms with Gasteiger partial charge in [-0.05, 0) is 19.8 Å². The summed E-state index contributed by atoms with van der Waals surface area (Å²) in [5, 5.41) is 11.6. The van der Waals surface area contributed by atoms with E-state index < -0.39 is 11.6 Å². The number of carbonyl (C=O) groups is 1. The predicted octanol–water partition coefficient (Wildman–Crippen LogP) is 1.79. The summed E-state index contributed by atoms with van der Waals surface area (Å²) in [6.07, 6.45) is 0.0745. The Hall–Kier alpha value is -1.04. The quantitative estimate of drug-likeness (QED) is 0.859. The lowest BCUT2D eigenvalue weighted by molar-refractivity contribution is -0.121. The molecule has 0 aliphatic heterocycles. The summed E-state index contributed by atoms with van der Waals surface area (Å²) in [5.74, 6) is -0.297. The number of halogens is 1. The normalized spacial score (nSPS) is 28.9. The number of anilines is 1. The van der Waals surface area contributed by atoms with Crippen LogP contribution in [0.1, 0.15) is 25.3 Å². The maximum absolute atomic E-state index is 12.9. The van der Waals surface area contributed by atoms with Gasteiger partial charge in [-0.1, -0.05) is 18.3 Å². The zero-order valence-corrected chi connectivity index (χ0v) is 9.40. The summed E-state index contributed by atoms with van der Waals surface area (Å²) in [5.41, 5.74) is -0.849. The predicted molar refractivity (Wildman–Crippen MR) is 55.5 cm³/mol. The molecule has 2 atom stereocenters. The average molecular weight is 229 g/mol. The molecular formula is C9H12FN3OS. The summed E-state index contributed by atoms with van der Waals surface area (Å²) in [6, 6.07) is 0. The van der Waals surface area contributed by atoms with E-state index in [2.05, 4.69) is 15.5 Å². The van der Waals surface area contributed by atoms with Gasteiger partial charge in [0, 0.05) is 0 Å². The maximum Gasteiger partial charge on any atom is 0.235 e. The van der Waals surface area contributed by atoms with Crippen LogP contribution in [-0.4, -0.2) is 22.3 Å². The molecule has 1 aromatic rings. The van der Waals surface area contributed by atoms with Crippen LogP contribution in [0.5, 0.6) is 0 Å². The number of amides is 1.